The first kappa shape index (κ1) is 24.8. The van der Waals surface area contributed by atoms with Gasteiger partial charge in [0.05, 0.1) is 28.2 Å². The molecule has 0 unspecified atom stereocenters. The molecule has 2 aliphatic rings. The Balaban J connectivity index is 1.58. The van der Waals surface area contributed by atoms with Crippen LogP contribution in [0.4, 0.5) is 16.3 Å². The zero-order valence-corrected chi connectivity index (χ0v) is 22.2. The van der Waals surface area contributed by atoms with Crippen molar-refractivity contribution in [2.75, 3.05) is 42.5 Å². The van der Waals surface area contributed by atoms with E-state index in [9.17, 15) is 10.1 Å². The second kappa shape index (κ2) is 9.21. The smallest absolute Gasteiger partial charge is 0.410 e. The Morgan fingerprint density at radius 3 is 2.54 bits per heavy atom. The van der Waals surface area contributed by atoms with Gasteiger partial charge in [-0.25, -0.2) is 19.7 Å². The Morgan fingerprint density at radius 1 is 1.11 bits per heavy atom. The predicted molar refractivity (Wildman–Crippen MR) is 142 cm³/mol. The van der Waals surface area contributed by atoms with Crippen LogP contribution in [0.25, 0.3) is 16.9 Å². The van der Waals surface area contributed by atoms with E-state index in [1.165, 1.54) is 0 Å². The van der Waals surface area contributed by atoms with E-state index in [2.05, 4.69) is 45.9 Å². The van der Waals surface area contributed by atoms with Crippen molar-refractivity contribution in [3.05, 3.63) is 36.4 Å². The lowest BCUT2D eigenvalue weighted by Crippen LogP contribution is -2.61. The largest absolute Gasteiger partial charge is 0.444 e. The van der Waals surface area contributed by atoms with Gasteiger partial charge in [0.2, 0.25) is 0 Å². The van der Waals surface area contributed by atoms with Crippen molar-refractivity contribution in [1.29, 1.82) is 5.26 Å². The predicted octanol–water partition coefficient (Wildman–Crippen LogP) is 4.12. The minimum Gasteiger partial charge on any atom is -0.444 e. The first-order valence-electron chi connectivity index (χ1n) is 12.8. The van der Waals surface area contributed by atoms with Gasteiger partial charge in [-0.1, -0.05) is 0 Å². The number of nitrogens with zero attached hydrogens (tertiary/aromatic N) is 8. The Morgan fingerprint density at radius 2 is 1.86 bits per heavy atom. The standard InChI is InChI=1S/C27H34N8O2/c1-26(2,3)37-25(36)33-12-13-35(27(4,5)17-33)24-22-20(32-10-6-7-11-32)16-34(23(22)30-18-31-24)21-14-19(15-28)8-9-29-21/h8-9,14,16,18H,6-7,10-13,17H2,1-5H3. The number of nitriles is 1. The van der Waals surface area contributed by atoms with Crippen LogP contribution in [-0.2, 0) is 4.74 Å². The molecular weight excluding hydrogens is 468 g/mol. The lowest BCUT2D eigenvalue weighted by molar-refractivity contribution is 0.0179. The molecule has 3 aromatic rings. The van der Waals surface area contributed by atoms with Crippen LogP contribution in [0.2, 0.25) is 0 Å². The molecule has 5 rings (SSSR count). The number of rotatable bonds is 3. The third-order valence-corrected chi connectivity index (χ3v) is 6.92. The summed E-state index contributed by atoms with van der Waals surface area (Å²) in [6.07, 6.45) is 7.29. The molecule has 0 saturated carbocycles. The Kier molecular flexibility index (Phi) is 6.18. The third-order valence-electron chi connectivity index (χ3n) is 6.92. The number of fused-ring (bicyclic) bond motifs is 1. The summed E-state index contributed by atoms with van der Waals surface area (Å²) in [4.78, 5) is 33.3. The Hall–Kier alpha value is -3.87. The first-order chi connectivity index (χ1) is 17.6. The van der Waals surface area contributed by atoms with Crippen LogP contribution >= 0.6 is 0 Å². The zero-order chi connectivity index (χ0) is 26.4. The summed E-state index contributed by atoms with van der Waals surface area (Å²) in [7, 11) is 0. The summed E-state index contributed by atoms with van der Waals surface area (Å²) in [5.74, 6) is 1.49. The molecule has 2 saturated heterocycles. The number of piperazine rings is 1. The highest BCUT2D eigenvalue weighted by Gasteiger charge is 2.39. The minimum absolute atomic E-state index is 0.291. The van der Waals surface area contributed by atoms with E-state index >= 15 is 0 Å². The molecule has 1 amide bonds. The summed E-state index contributed by atoms with van der Waals surface area (Å²) >= 11 is 0. The van der Waals surface area contributed by atoms with Gasteiger partial charge in [-0.15, -0.1) is 0 Å². The maximum Gasteiger partial charge on any atom is 0.410 e. The molecule has 0 atom stereocenters. The van der Waals surface area contributed by atoms with Crippen molar-refractivity contribution in [2.45, 2.75) is 58.6 Å². The molecule has 0 radical (unpaired) electrons. The van der Waals surface area contributed by atoms with Gasteiger partial charge in [-0.05, 0) is 59.6 Å². The van der Waals surface area contributed by atoms with E-state index in [0.717, 1.165) is 48.5 Å². The van der Waals surface area contributed by atoms with Gasteiger partial charge >= 0.3 is 6.09 Å². The minimum atomic E-state index is -0.540. The van der Waals surface area contributed by atoms with Gasteiger partial charge in [-0.3, -0.25) is 4.57 Å². The van der Waals surface area contributed by atoms with Crippen LogP contribution in [0.1, 0.15) is 53.0 Å². The summed E-state index contributed by atoms with van der Waals surface area (Å²) in [6, 6.07) is 5.68. The maximum atomic E-state index is 12.8. The fraction of sp³-hybridized carbons (Fsp3) is 0.519. The lowest BCUT2D eigenvalue weighted by Gasteiger charge is -2.47. The third kappa shape index (κ3) is 4.78. The second-order valence-electron chi connectivity index (χ2n) is 11.4. The van der Waals surface area contributed by atoms with E-state index in [0.29, 0.717) is 31.0 Å². The molecule has 0 spiro atoms. The molecule has 10 heteroatoms. The maximum absolute atomic E-state index is 12.8. The van der Waals surface area contributed by atoms with Crippen molar-refractivity contribution < 1.29 is 9.53 Å². The molecular formula is C27H34N8O2. The van der Waals surface area contributed by atoms with Gasteiger partial charge in [0, 0.05) is 45.1 Å². The van der Waals surface area contributed by atoms with Crippen molar-refractivity contribution >= 4 is 28.6 Å². The summed E-state index contributed by atoms with van der Waals surface area (Å²) < 4.78 is 7.60. The van der Waals surface area contributed by atoms with E-state index in [1.807, 2.05) is 25.3 Å². The number of carbonyl (C=O) groups excluding carboxylic acids is 1. The topological polar surface area (TPSA) is 103 Å². The van der Waals surface area contributed by atoms with E-state index in [1.54, 1.807) is 29.6 Å². The van der Waals surface area contributed by atoms with E-state index in [-0.39, 0.29) is 11.6 Å². The number of hydrogen-bond acceptors (Lipinski definition) is 8. The van der Waals surface area contributed by atoms with Crippen LogP contribution in [0, 0.1) is 11.3 Å². The molecule has 0 N–H and O–H groups in total. The van der Waals surface area contributed by atoms with Gasteiger partial charge in [0.15, 0.2) is 5.65 Å². The number of aromatic nitrogens is 4. The van der Waals surface area contributed by atoms with Crippen LogP contribution < -0.4 is 9.80 Å². The normalized spacial score (nSPS) is 17.8. The van der Waals surface area contributed by atoms with Gasteiger partial charge < -0.3 is 19.4 Å². The van der Waals surface area contributed by atoms with E-state index < -0.39 is 5.60 Å². The van der Waals surface area contributed by atoms with E-state index in [4.69, 9.17) is 9.72 Å². The molecule has 2 fully saturated rings. The van der Waals surface area contributed by atoms with Gasteiger partial charge in [0.25, 0.3) is 0 Å². The molecule has 37 heavy (non-hydrogen) atoms. The van der Waals surface area contributed by atoms with Crippen LogP contribution in [0.15, 0.2) is 30.9 Å². The average molecular weight is 503 g/mol. The number of amides is 1. The average Bonchev–Trinajstić information content (AvgIpc) is 3.50. The number of anilines is 2. The molecule has 0 aromatic carbocycles. The van der Waals surface area contributed by atoms with Gasteiger partial charge in [0.1, 0.15) is 23.6 Å². The number of pyridine rings is 1. The molecule has 10 nitrogen and oxygen atoms in total. The Bertz CT molecular complexity index is 1360. The van der Waals surface area contributed by atoms with Crippen molar-refractivity contribution in [3.8, 4) is 11.9 Å². The van der Waals surface area contributed by atoms with Crippen molar-refractivity contribution in [1.82, 2.24) is 24.4 Å². The highest BCUT2D eigenvalue weighted by Crippen LogP contribution is 2.40. The van der Waals surface area contributed by atoms with Crippen molar-refractivity contribution in [3.63, 3.8) is 0 Å². The molecule has 2 aliphatic heterocycles. The summed E-state index contributed by atoms with van der Waals surface area (Å²) in [5.41, 5.74) is 1.43. The number of carbonyl (C=O) groups is 1. The number of ether oxygens (including phenoxy) is 1. The molecule has 0 bridgehead atoms. The SMILES string of the molecule is CC(C)(C)OC(=O)N1CCN(c2ncnc3c2c(N2CCCC2)cn3-c2cc(C#N)ccn2)C(C)(C)C1. The Labute approximate surface area is 217 Å². The lowest BCUT2D eigenvalue weighted by atomic mass is 9.98. The monoisotopic (exact) mass is 502 g/mol. The molecule has 3 aromatic heterocycles. The summed E-state index contributed by atoms with van der Waals surface area (Å²) in [6.45, 7) is 13.5. The second-order valence-corrected chi connectivity index (χ2v) is 11.4. The van der Waals surface area contributed by atoms with Crippen molar-refractivity contribution in [2.24, 2.45) is 0 Å². The fourth-order valence-corrected chi connectivity index (χ4v) is 5.25. The molecule has 0 aliphatic carbocycles. The number of hydrogen-bond donors (Lipinski definition) is 0. The van der Waals surface area contributed by atoms with Gasteiger partial charge in [-0.2, -0.15) is 5.26 Å². The quantitative estimate of drug-likeness (QED) is 0.527. The van der Waals surface area contributed by atoms with Crippen LogP contribution in [-0.4, -0.2) is 74.4 Å². The summed E-state index contributed by atoms with van der Waals surface area (Å²) in [5, 5.41) is 10.4. The van der Waals surface area contributed by atoms with Crippen LogP contribution in [0.3, 0.4) is 0 Å². The highest BCUT2D eigenvalue weighted by atomic mass is 16.6. The first-order valence-corrected chi connectivity index (χ1v) is 12.8. The molecule has 194 valence electrons. The zero-order valence-electron chi connectivity index (χ0n) is 22.2. The van der Waals surface area contributed by atoms with Crippen LogP contribution in [0.5, 0.6) is 0 Å². The highest BCUT2D eigenvalue weighted by molar-refractivity contribution is 6.01. The fourth-order valence-electron chi connectivity index (χ4n) is 5.25. The molecule has 5 heterocycles.